The van der Waals surface area contributed by atoms with Gasteiger partial charge in [0, 0.05) is 66.2 Å². The summed E-state index contributed by atoms with van der Waals surface area (Å²) in [5.74, 6) is 0.901. The number of aryl methyl sites for hydroxylation is 1. The van der Waals surface area contributed by atoms with Gasteiger partial charge < -0.3 is 9.52 Å². The molecule has 2 aromatic heterocycles. The molecule has 0 atom stereocenters. The van der Waals surface area contributed by atoms with E-state index in [9.17, 15) is 9.90 Å². The molecule has 0 bridgehead atoms. The molecule has 0 amide bonds. The second kappa shape index (κ2) is 17.5. The number of nitrogens with zero attached hydrogens (tertiary/aromatic N) is 1. The van der Waals surface area contributed by atoms with Crippen LogP contribution in [0.1, 0.15) is 84.3 Å². The summed E-state index contributed by atoms with van der Waals surface area (Å²) in [7, 11) is 0. The molecule has 0 aliphatic heterocycles. The molecule has 5 heteroatoms. The first-order chi connectivity index (χ1) is 25.2. The molecule has 0 aliphatic rings. The minimum Gasteiger partial charge on any atom is -0.512 e. The minimum absolute atomic E-state index is 0. The van der Waals surface area contributed by atoms with Crippen molar-refractivity contribution in [1.82, 2.24) is 4.98 Å². The Morgan fingerprint density at radius 1 is 0.792 bits per heavy atom. The Bertz CT molecular complexity index is 2380. The third kappa shape index (κ3) is 8.03. The van der Waals surface area contributed by atoms with Crippen molar-refractivity contribution in [2.24, 2.45) is 11.8 Å². The summed E-state index contributed by atoms with van der Waals surface area (Å²) in [6.45, 7) is 14.7. The molecular formula is C48H50IrNO3-. The Balaban J connectivity index is 0.000000290. The molecule has 7 aromatic rings. The molecule has 0 fully saturated rings. The van der Waals surface area contributed by atoms with E-state index in [0.717, 1.165) is 69.8 Å². The largest absolute Gasteiger partial charge is 0.512 e. The number of benzene rings is 5. The van der Waals surface area contributed by atoms with E-state index in [1.54, 1.807) is 0 Å². The van der Waals surface area contributed by atoms with Crippen molar-refractivity contribution < 1.29 is 34.4 Å². The summed E-state index contributed by atoms with van der Waals surface area (Å²) in [5, 5.41) is 16.9. The molecule has 0 saturated heterocycles. The number of ketones is 1. The number of rotatable bonds is 10. The summed E-state index contributed by atoms with van der Waals surface area (Å²) < 4.78 is 6.63. The fourth-order valence-electron chi connectivity index (χ4n) is 7.48. The van der Waals surface area contributed by atoms with Crippen LogP contribution in [0.3, 0.4) is 0 Å². The Kier molecular flexibility index (Phi) is 13.1. The Morgan fingerprint density at radius 2 is 1.45 bits per heavy atom. The summed E-state index contributed by atoms with van der Waals surface area (Å²) in [4.78, 5) is 16.5. The average molecular weight is 881 g/mol. The summed E-state index contributed by atoms with van der Waals surface area (Å²) in [6.07, 6.45) is 6.80. The zero-order valence-electron chi connectivity index (χ0n) is 31.9. The standard InChI is InChI=1S/C35H26NO.C13H24O2.Ir/c1-21(2)31-20-26(19-25-14-13-24-11-7-8-12-28(24)32(25)31)33-35-30(17-18-36-33)29-16-15-27(22(3)34(29)37-35)23-9-5-4-6-10-23;1-5-10(6-2)12(14)9-13(15)11(7-3)8-4;/h4-18,20-21H,1-3H3;9-11,14H,5-8H2,1-4H3;/q-1;;/b;12-9-;. The van der Waals surface area contributed by atoms with Crippen molar-refractivity contribution in [2.75, 3.05) is 0 Å². The molecule has 1 radical (unpaired) electrons. The number of allylic oxidation sites excluding steroid dienone is 2. The number of aliphatic hydroxyl groups is 1. The van der Waals surface area contributed by atoms with Gasteiger partial charge in [-0.3, -0.25) is 9.78 Å². The van der Waals surface area contributed by atoms with Crippen molar-refractivity contribution >= 4 is 49.3 Å². The SMILES string of the molecule is CCC(CC)C(=O)/C=C(\O)C(CC)CC.Cc1c(-c2ccccc2)ccc2c1oc1c(-c3[c-]c4ccc5ccccc5c4c(C(C)C)c3)nccc12.[Ir]. The van der Waals surface area contributed by atoms with Crippen LogP contribution in [0.5, 0.6) is 0 Å². The monoisotopic (exact) mass is 881 g/mol. The van der Waals surface area contributed by atoms with E-state index >= 15 is 0 Å². The van der Waals surface area contributed by atoms with Gasteiger partial charge in [-0.15, -0.1) is 29.1 Å². The molecule has 53 heavy (non-hydrogen) atoms. The van der Waals surface area contributed by atoms with Gasteiger partial charge in [-0.1, -0.05) is 119 Å². The Morgan fingerprint density at radius 3 is 2.13 bits per heavy atom. The molecule has 1 N–H and O–H groups in total. The van der Waals surface area contributed by atoms with Crippen molar-refractivity contribution in [3.05, 3.63) is 126 Å². The second-order valence-corrected chi connectivity index (χ2v) is 14.1. The summed E-state index contributed by atoms with van der Waals surface area (Å²) >= 11 is 0. The summed E-state index contributed by atoms with van der Waals surface area (Å²) in [6, 6.07) is 35.8. The van der Waals surface area contributed by atoms with Crippen LogP contribution in [0, 0.1) is 24.8 Å². The van der Waals surface area contributed by atoms with E-state index in [1.165, 1.54) is 38.9 Å². The topological polar surface area (TPSA) is 63.3 Å². The average Bonchev–Trinajstić information content (AvgIpc) is 3.56. The van der Waals surface area contributed by atoms with Crippen LogP contribution in [0.25, 0.3) is 65.9 Å². The van der Waals surface area contributed by atoms with E-state index < -0.39 is 0 Å². The van der Waals surface area contributed by atoms with Gasteiger partial charge >= 0.3 is 0 Å². The number of hydrogen-bond donors (Lipinski definition) is 1. The fourth-order valence-corrected chi connectivity index (χ4v) is 7.48. The molecule has 7 rings (SSSR count). The zero-order chi connectivity index (χ0) is 36.9. The number of fused-ring (bicyclic) bond motifs is 6. The molecule has 0 saturated carbocycles. The van der Waals surface area contributed by atoms with Crippen LogP contribution in [-0.2, 0) is 24.9 Å². The van der Waals surface area contributed by atoms with Gasteiger partial charge in [-0.25, -0.2) is 0 Å². The van der Waals surface area contributed by atoms with E-state index in [0.29, 0.717) is 5.92 Å². The third-order valence-corrected chi connectivity index (χ3v) is 10.6. The van der Waals surface area contributed by atoms with E-state index in [2.05, 4.69) is 112 Å². The number of carbonyl (C=O) groups is 1. The first-order valence-electron chi connectivity index (χ1n) is 18.9. The molecule has 4 nitrogen and oxygen atoms in total. The molecule has 0 spiro atoms. The predicted octanol–water partition coefficient (Wildman–Crippen LogP) is 13.7. The predicted molar refractivity (Wildman–Crippen MR) is 219 cm³/mol. The smallest absolute Gasteiger partial charge is 0.162 e. The quantitative estimate of drug-likeness (QED) is 0.0643. The van der Waals surface area contributed by atoms with Gasteiger partial charge in [0.05, 0.1) is 5.76 Å². The van der Waals surface area contributed by atoms with Gasteiger partial charge in [-0.2, -0.15) is 0 Å². The maximum atomic E-state index is 11.7. The van der Waals surface area contributed by atoms with Crippen LogP contribution < -0.4 is 0 Å². The van der Waals surface area contributed by atoms with Crippen LogP contribution >= 0.6 is 0 Å². The Labute approximate surface area is 327 Å². The molecule has 0 aliphatic carbocycles. The fraction of sp³-hybridized carbons (Fsp3) is 0.292. The normalized spacial score (nSPS) is 11.8. The molecule has 2 heterocycles. The maximum absolute atomic E-state index is 11.7. The van der Waals surface area contributed by atoms with E-state index in [1.807, 2.05) is 40.0 Å². The molecular weight excluding hydrogens is 831 g/mol. The molecule has 0 unspecified atom stereocenters. The van der Waals surface area contributed by atoms with Crippen LogP contribution in [0.4, 0.5) is 0 Å². The van der Waals surface area contributed by atoms with Gasteiger partial charge in [0.2, 0.25) is 0 Å². The number of pyridine rings is 1. The van der Waals surface area contributed by atoms with E-state index in [4.69, 9.17) is 9.40 Å². The number of aromatic nitrogens is 1. The minimum atomic E-state index is 0. The maximum Gasteiger partial charge on any atom is 0.162 e. The first kappa shape index (κ1) is 39.6. The molecule has 275 valence electrons. The number of furan rings is 1. The molecule has 5 aromatic carbocycles. The summed E-state index contributed by atoms with van der Waals surface area (Å²) in [5.41, 5.74) is 8.37. The first-order valence-corrected chi connectivity index (χ1v) is 18.9. The van der Waals surface area contributed by atoms with E-state index in [-0.39, 0.29) is 43.5 Å². The van der Waals surface area contributed by atoms with Gasteiger partial charge in [0.25, 0.3) is 0 Å². The van der Waals surface area contributed by atoms with Crippen molar-refractivity contribution in [3.8, 4) is 22.4 Å². The van der Waals surface area contributed by atoms with Crippen molar-refractivity contribution in [2.45, 2.75) is 80.1 Å². The van der Waals surface area contributed by atoms with Gasteiger partial charge in [0.1, 0.15) is 11.2 Å². The Hall–Kier alpha value is -4.57. The van der Waals surface area contributed by atoms with Crippen LogP contribution in [0.15, 0.2) is 113 Å². The second-order valence-electron chi connectivity index (χ2n) is 14.1. The van der Waals surface area contributed by atoms with Crippen molar-refractivity contribution in [1.29, 1.82) is 0 Å². The number of carbonyl (C=O) groups excluding carboxylic acids is 1. The number of aliphatic hydroxyl groups excluding tert-OH is 1. The van der Waals surface area contributed by atoms with Gasteiger partial charge in [0.15, 0.2) is 5.78 Å². The van der Waals surface area contributed by atoms with Gasteiger partial charge in [-0.05, 0) is 72.6 Å². The van der Waals surface area contributed by atoms with Crippen molar-refractivity contribution in [3.63, 3.8) is 0 Å². The van der Waals surface area contributed by atoms with Crippen LogP contribution in [-0.4, -0.2) is 15.9 Å². The third-order valence-electron chi connectivity index (χ3n) is 10.6. The van der Waals surface area contributed by atoms with Crippen LogP contribution in [0.2, 0.25) is 0 Å². The number of hydrogen-bond acceptors (Lipinski definition) is 4. The zero-order valence-corrected chi connectivity index (χ0v) is 34.3.